The maximum atomic E-state index is 13.5. The van der Waals surface area contributed by atoms with Gasteiger partial charge in [0.2, 0.25) is 11.8 Å². The highest BCUT2D eigenvalue weighted by atomic mass is 32.2. The Balaban J connectivity index is 1.28. The molecule has 8 heteroatoms. The van der Waals surface area contributed by atoms with Crippen LogP contribution in [-0.2, 0) is 16.0 Å². The minimum absolute atomic E-state index is 0.0765. The van der Waals surface area contributed by atoms with Crippen molar-refractivity contribution in [2.45, 2.75) is 23.5 Å². The Morgan fingerprint density at radius 3 is 2.33 bits per heavy atom. The highest BCUT2D eigenvalue weighted by molar-refractivity contribution is 8.00. The van der Waals surface area contributed by atoms with Crippen LogP contribution in [0.2, 0.25) is 0 Å². The number of hydrogen-bond acceptors (Lipinski definition) is 6. The van der Waals surface area contributed by atoms with Gasteiger partial charge in [-0.15, -0.1) is 11.8 Å². The predicted octanol–water partition coefficient (Wildman–Crippen LogP) is 7.35. The van der Waals surface area contributed by atoms with E-state index in [0.29, 0.717) is 23.8 Å². The predicted molar refractivity (Wildman–Crippen MR) is 160 cm³/mol. The number of fused-ring (bicyclic) bond motifs is 1. The van der Waals surface area contributed by atoms with E-state index in [4.69, 9.17) is 4.74 Å². The lowest BCUT2D eigenvalue weighted by Gasteiger charge is -2.16. The van der Waals surface area contributed by atoms with Crippen molar-refractivity contribution in [3.05, 3.63) is 114 Å². The molecule has 2 amide bonds. The number of rotatable bonds is 10. The fraction of sp³-hybridized carbons (Fsp3) is 0.129. The fourth-order valence-corrected chi connectivity index (χ4v) is 5.95. The summed E-state index contributed by atoms with van der Waals surface area (Å²) in [5, 5.41) is 6.00. The first-order valence-electron chi connectivity index (χ1n) is 12.6. The van der Waals surface area contributed by atoms with Gasteiger partial charge >= 0.3 is 0 Å². The molecule has 1 unspecified atom stereocenters. The first kappa shape index (κ1) is 26.5. The molecule has 4 aromatic carbocycles. The standard InChI is InChI=1S/C31H27N3O3S2/c1-2-37-24-15-18-26-27(20-24)39-31(33-26)34-30(36)29(22-11-7-4-8-12-22)38-25-16-13-23(14-17-25)32-28(35)19-21-9-5-3-6-10-21/h3-18,20,29H,2,19H2,1H3,(H,32,35)(H,33,34,36). The molecule has 2 N–H and O–H groups in total. The zero-order valence-electron chi connectivity index (χ0n) is 21.3. The molecule has 0 saturated heterocycles. The number of thioether (sulfide) groups is 1. The molecule has 0 radical (unpaired) electrons. The number of thiazole rings is 1. The number of amides is 2. The van der Waals surface area contributed by atoms with E-state index in [9.17, 15) is 9.59 Å². The quantitative estimate of drug-likeness (QED) is 0.177. The Bertz CT molecular complexity index is 1560. The first-order chi connectivity index (χ1) is 19.1. The van der Waals surface area contributed by atoms with E-state index in [1.165, 1.54) is 23.1 Å². The summed E-state index contributed by atoms with van der Waals surface area (Å²) in [4.78, 5) is 31.4. The number of carbonyl (C=O) groups is 2. The summed E-state index contributed by atoms with van der Waals surface area (Å²) in [6, 6.07) is 32.6. The van der Waals surface area contributed by atoms with Crippen LogP contribution < -0.4 is 15.4 Å². The summed E-state index contributed by atoms with van der Waals surface area (Å²) in [5.41, 5.74) is 3.37. The van der Waals surface area contributed by atoms with Crippen LogP contribution >= 0.6 is 23.1 Å². The van der Waals surface area contributed by atoms with Gasteiger partial charge in [0.25, 0.3) is 0 Å². The van der Waals surface area contributed by atoms with Crippen molar-refractivity contribution in [1.29, 1.82) is 0 Å². The molecule has 5 aromatic rings. The van der Waals surface area contributed by atoms with Crippen LogP contribution in [0.25, 0.3) is 10.2 Å². The molecule has 1 heterocycles. The van der Waals surface area contributed by atoms with Crippen LogP contribution in [0.4, 0.5) is 10.8 Å². The molecule has 0 aliphatic heterocycles. The first-order valence-corrected chi connectivity index (χ1v) is 14.3. The van der Waals surface area contributed by atoms with Gasteiger partial charge in [0, 0.05) is 10.6 Å². The van der Waals surface area contributed by atoms with E-state index in [1.807, 2.05) is 110 Å². The molecule has 0 aliphatic carbocycles. The zero-order chi connectivity index (χ0) is 27.0. The van der Waals surface area contributed by atoms with Crippen LogP contribution in [0.3, 0.4) is 0 Å². The van der Waals surface area contributed by atoms with Gasteiger partial charge in [-0.2, -0.15) is 0 Å². The number of nitrogens with one attached hydrogen (secondary N) is 2. The molecule has 0 spiro atoms. The van der Waals surface area contributed by atoms with Crippen molar-refractivity contribution >= 4 is 55.9 Å². The van der Waals surface area contributed by atoms with Crippen molar-refractivity contribution < 1.29 is 14.3 Å². The Labute approximate surface area is 235 Å². The highest BCUT2D eigenvalue weighted by Gasteiger charge is 2.23. The van der Waals surface area contributed by atoms with Crippen molar-refractivity contribution in [2.75, 3.05) is 17.2 Å². The average molecular weight is 554 g/mol. The monoisotopic (exact) mass is 553 g/mol. The van der Waals surface area contributed by atoms with E-state index in [2.05, 4.69) is 15.6 Å². The Morgan fingerprint density at radius 2 is 1.62 bits per heavy atom. The summed E-state index contributed by atoms with van der Waals surface area (Å²) in [6.07, 6.45) is 0.312. The third kappa shape index (κ3) is 7.04. The molecule has 39 heavy (non-hydrogen) atoms. The van der Waals surface area contributed by atoms with E-state index in [0.717, 1.165) is 32.0 Å². The van der Waals surface area contributed by atoms with Crippen LogP contribution in [0, 0.1) is 0 Å². The SMILES string of the molecule is CCOc1ccc2nc(NC(=O)C(Sc3ccc(NC(=O)Cc4ccccc4)cc3)c3ccccc3)sc2c1. The molecule has 0 bridgehead atoms. The van der Waals surface area contributed by atoms with Crippen LogP contribution in [0.15, 0.2) is 108 Å². The smallest absolute Gasteiger partial charge is 0.244 e. The van der Waals surface area contributed by atoms with E-state index in [1.54, 1.807) is 0 Å². The number of carbonyl (C=O) groups excluding carboxylic acids is 2. The Hall–Kier alpha value is -4.14. The van der Waals surface area contributed by atoms with Crippen molar-refractivity contribution in [3.8, 4) is 5.75 Å². The van der Waals surface area contributed by atoms with Gasteiger partial charge in [-0.05, 0) is 60.5 Å². The molecule has 6 nitrogen and oxygen atoms in total. The maximum absolute atomic E-state index is 13.5. The Morgan fingerprint density at radius 1 is 0.897 bits per heavy atom. The van der Waals surface area contributed by atoms with E-state index >= 15 is 0 Å². The van der Waals surface area contributed by atoms with Gasteiger partial charge in [-0.1, -0.05) is 72.0 Å². The zero-order valence-corrected chi connectivity index (χ0v) is 22.9. The van der Waals surface area contributed by atoms with Gasteiger partial charge in [-0.3, -0.25) is 9.59 Å². The van der Waals surface area contributed by atoms with Gasteiger partial charge in [-0.25, -0.2) is 4.98 Å². The van der Waals surface area contributed by atoms with Gasteiger partial charge in [0.05, 0.1) is 23.2 Å². The van der Waals surface area contributed by atoms with Gasteiger partial charge < -0.3 is 15.4 Å². The molecule has 1 atom stereocenters. The molecule has 0 aliphatic rings. The number of aromatic nitrogens is 1. The number of benzene rings is 4. The summed E-state index contributed by atoms with van der Waals surface area (Å²) in [7, 11) is 0. The normalized spacial score (nSPS) is 11.6. The molecule has 196 valence electrons. The minimum atomic E-state index is -0.490. The molecular weight excluding hydrogens is 526 g/mol. The summed E-state index contributed by atoms with van der Waals surface area (Å²) in [5.74, 6) is 0.548. The second-order valence-corrected chi connectivity index (χ2v) is 10.9. The van der Waals surface area contributed by atoms with Gasteiger partial charge in [0.1, 0.15) is 11.0 Å². The number of ether oxygens (including phenoxy) is 1. The lowest BCUT2D eigenvalue weighted by Crippen LogP contribution is -2.19. The lowest BCUT2D eigenvalue weighted by molar-refractivity contribution is -0.116. The van der Waals surface area contributed by atoms with E-state index in [-0.39, 0.29) is 11.8 Å². The largest absolute Gasteiger partial charge is 0.494 e. The molecule has 0 fully saturated rings. The maximum Gasteiger partial charge on any atom is 0.244 e. The average Bonchev–Trinajstić information content (AvgIpc) is 3.35. The third-order valence-corrected chi connectivity index (χ3v) is 8.04. The van der Waals surface area contributed by atoms with Gasteiger partial charge in [0.15, 0.2) is 5.13 Å². The fourth-order valence-electron chi connectivity index (χ4n) is 4.03. The van der Waals surface area contributed by atoms with Crippen molar-refractivity contribution in [3.63, 3.8) is 0 Å². The van der Waals surface area contributed by atoms with Crippen LogP contribution in [0.5, 0.6) is 5.75 Å². The van der Waals surface area contributed by atoms with Crippen molar-refractivity contribution in [2.24, 2.45) is 0 Å². The molecular formula is C31H27N3O3S2. The van der Waals surface area contributed by atoms with Crippen LogP contribution in [-0.4, -0.2) is 23.4 Å². The molecule has 1 aromatic heterocycles. The second kappa shape index (κ2) is 12.6. The van der Waals surface area contributed by atoms with Crippen LogP contribution in [0.1, 0.15) is 23.3 Å². The summed E-state index contributed by atoms with van der Waals surface area (Å²) >= 11 is 2.87. The molecule has 5 rings (SSSR count). The molecule has 0 saturated carbocycles. The highest BCUT2D eigenvalue weighted by Crippen LogP contribution is 2.37. The number of nitrogens with zero attached hydrogens (tertiary/aromatic N) is 1. The number of hydrogen-bond donors (Lipinski definition) is 2. The summed E-state index contributed by atoms with van der Waals surface area (Å²) in [6.45, 7) is 2.53. The number of anilines is 2. The van der Waals surface area contributed by atoms with E-state index < -0.39 is 5.25 Å². The topological polar surface area (TPSA) is 80.3 Å². The summed E-state index contributed by atoms with van der Waals surface area (Å²) < 4.78 is 6.54. The second-order valence-electron chi connectivity index (χ2n) is 8.71. The third-order valence-electron chi connectivity index (χ3n) is 5.84. The lowest BCUT2D eigenvalue weighted by atomic mass is 10.1. The van der Waals surface area contributed by atoms with Crippen molar-refractivity contribution in [1.82, 2.24) is 4.98 Å². The minimum Gasteiger partial charge on any atom is -0.494 e. The Kier molecular flexibility index (Phi) is 8.55.